The van der Waals surface area contributed by atoms with Gasteiger partial charge in [0.05, 0.1) is 0 Å². The van der Waals surface area contributed by atoms with Gasteiger partial charge in [-0.1, -0.05) is 223 Å². The van der Waals surface area contributed by atoms with Gasteiger partial charge in [0.25, 0.3) is 0 Å². The largest absolute Gasteiger partial charge is 0.462 e. The van der Waals surface area contributed by atoms with E-state index in [1.807, 2.05) is 54.7 Å². The zero-order valence-corrected chi connectivity index (χ0v) is 35.9. The molecule has 55 heavy (non-hydrogen) atoms. The zero-order valence-electron chi connectivity index (χ0n) is 35.9. The summed E-state index contributed by atoms with van der Waals surface area (Å²) in [6, 6.07) is 0. The molecule has 0 spiro atoms. The van der Waals surface area contributed by atoms with E-state index < -0.39 is 6.10 Å². The summed E-state index contributed by atoms with van der Waals surface area (Å²) in [5.74, 6) is -0.978. The van der Waals surface area contributed by atoms with E-state index in [2.05, 4.69) is 26.8 Å². The Kier molecular flexibility index (Phi) is 41.5. The Morgan fingerprint density at radius 2 is 0.709 bits per heavy atom. The van der Waals surface area contributed by atoms with Gasteiger partial charge in [-0.05, 0) is 32.1 Å². The lowest BCUT2D eigenvalue weighted by Crippen LogP contribution is -2.30. The van der Waals surface area contributed by atoms with E-state index in [0.29, 0.717) is 19.3 Å². The highest BCUT2D eigenvalue weighted by Crippen LogP contribution is 2.15. The molecule has 6 nitrogen and oxygen atoms in total. The molecule has 0 aromatic carbocycles. The van der Waals surface area contributed by atoms with Gasteiger partial charge >= 0.3 is 17.9 Å². The highest BCUT2D eigenvalue weighted by Gasteiger charge is 2.19. The van der Waals surface area contributed by atoms with Crippen LogP contribution < -0.4 is 0 Å². The SMILES string of the molecule is CC\C=C/C=C\C=C/C=C\C=C/CCCC(=O)OC(COC(=O)CCCCCCCCCCC)COC(=O)CCCCCCCCCCCCCCCCC. The number of esters is 3. The highest BCUT2D eigenvalue weighted by molar-refractivity contribution is 5.71. The molecule has 0 saturated heterocycles. The van der Waals surface area contributed by atoms with Crippen molar-refractivity contribution < 1.29 is 28.6 Å². The molecule has 0 aromatic rings. The first kappa shape index (κ1) is 52.1. The highest BCUT2D eigenvalue weighted by atomic mass is 16.6. The molecule has 0 saturated carbocycles. The molecule has 0 amide bonds. The van der Waals surface area contributed by atoms with E-state index in [-0.39, 0.29) is 37.5 Å². The molecule has 0 bridgehead atoms. The summed E-state index contributed by atoms with van der Waals surface area (Å²) in [5, 5.41) is 0. The summed E-state index contributed by atoms with van der Waals surface area (Å²) in [7, 11) is 0. The summed E-state index contributed by atoms with van der Waals surface area (Å²) >= 11 is 0. The number of carbonyl (C=O) groups is 3. The molecule has 1 unspecified atom stereocenters. The Morgan fingerprint density at radius 1 is 0.382 bits per heavy atom. The first-order chi connectivity index (χ1) is 27.0. The van der Waals surface area contributed by atoms with Crippen molar-refractivity contribution in [1.82, 2.24) is 0 Å². The summed E-state index contributed by atoms with van der Waals surface area (Å²) in [5.41, 5.74) is 0. The monoisotopic (exact) mass is 769 g/mol. The third-order valence-electron chi connectivity index (χ3n) is 9.66. The predicted molar refractivity (Wildman–Crippen MR) is 233 cm³/mol. The second-order valence-corrected chi connectivity index (χ2v) is 15.1. The lowest BCUT2D eigenvalue weighted by molar-refractivity contribution is -0.167. The van der Waals surface area contributed by atoms with Crippen LogP contribution in [0.5, 0.6) is 0 Å². The normalized spacial score (nSPS) is 12.6. The molecule has 0 N–H and O–H groups in total. The fourth-order valence-corrected chi connectivity index (χ4v) is 6.24. The number of allylic oxidation sites excluding steroid dienone is 10. The summed E-state index contributed by atoms with van der Waals surface area (Å²) < 4.78 is 16.6. The van der Waals surface area contributed by atoms with Gasteiger partial charge in [0.2, 0.25) is 0 Å². The molecule has 0 aliphatic heterocycles. The van der Waals surface area contributed by atoms with E-state index >= 15 is 0 Å². The number of hydrogen-bond donors (Lipinski definition) is 0. The van der Waals surface area contributed by atoms with Gasteiger partial charge < -0.3 is 14.2 Å². The third kappa shape index (κ3) is 42.1. The third-order valence-corrected chi connectivity index (χ3v) is 9.66. The minimum absolute atomic E-state index is 0.100. The van der Waals surface area contributed by atoms with Crippen LogP contribution in [-0.2, 0) is 28.6 Å². The smallest absolute Gasteiger partial charge is 0.306 e. The Morgan fingerprint density at radius 3 is 1.09 bits per heavy atom. The van der Waals surface area contributed by atoms with Gasteiger partial charge in [0.1, 0.15) is 13.2 Å². The minimum Gasteiger partial charge on any atom is -0.462 e. The maximum Gasteiger partial charge on any atom is 0.306 e. The minimum atomic E-state index is -0.804. The van der Waals surface area contributed by atoms with E-state index in [4.69, 9.17) is 14.2 Å². The Balaban J connectivity index is 4.44. The Labute approximate surface area is 339 Å². The van der Waals surface area contributed by atoms with Crippen LogP contribution >= 0.6 is 0 Å². The first-order valence-electron chi connectivity index (χ1n) is 22.9. The summed E-state index contributed by atoms with van der Waals surface area (Å²) in [4.78, 5) is 37.6. The molecule has 0 aliphatic rings. The average Bonchev–Trinajstić information content (AvgIpc) is 3.18. The lowest BCUT2D eigenvalue weighted by atomic mass is 10.0. The van der Waals surface area contributed by atoms with Crippen LogP contribution in [0.25, 0.3) is 0 Å². The van der Waals surface area contributed by atoms with Gasteiger partial charge in [-0.3, -0.25) is 14.4 Å². The topological polar surface area (TPSA) is 78.9 Å². The van der Waals surface area contributed by atoms with E-state index in [9.17, 15) is 14.4 Å². The summed E-state index contributed by atoms with van der Waals surface area (Å²) in [6.07, 6.45) is 52.1. The Hall–Kier alpha value is -2.89. The number of unbranched alkanes of at least 4 members (excludes halogenated alkanes) is 23. The van der Waals surface area contributed by atoms with Crippen molar-refractivity contribution in [2.24, 2.45) is 0 Å². The van der Waals surface area contributed by atoms with Crippen LogP contribution in [0, 0.1) is 0 Å². The van der Waals surface area contributed by atoms with Gasteiger partial charge in [-0.25, -0.2) is 0 Å². The number of rotatable bonds is 40. The average molecular weight is 769 g/mol. The number of carbonyl (C=O) groups excluding carboxylic acids is 3. The maximum absolute atomic E-state index is 12.7. The van der Waals surface area contributed by atoms with Crippen LogP contribution in [0.2, 0.25) is 0 Å². The van der Waals surface area contributed by atoms with Crippen LogP contribution in [0.15, 0.2) is 60.8 Å². The van der Waals surface area contributed by atoms with Crippen molar-refractivity contribution in [3.8, 4) is 0 Å². The van der Waals surface area contributed by atoms with Gasteiger partial charge in [0.15, 0.2) is 6.10 Å². The van der Waals surface area contributed by atoms with Crippen LogP contribution in [-0.4, -0.2) is 37.2 Å². The van der Waals surface area contributed by atoms with Crippen LogP contribution in [0.4, 0.5) is 0 Å². The standard InChI is InChI=1S/C49H84O6/c1-4-7-10-13-16-19-21-23-24-26-27-30-33-36-39-42-48(51)54-45-46(44-53-47(50)41-38-35-32-29-18-15-12-9-6-3)55-49(52)43-40-37-34-31-28-25-22-20-17-14-11-8-5-2/h8,11,14,17,20,22,25,28,31,34,46H,4-7,9-10,12-13,15-16,18-19,21,23-24,26-27,29-30,32-33,35-45H2,1-3H3/b11-8-,17-14-,22-20-,28-25-,34-31-. The molecule has 1 atom stereocenters. The van der Waals surface area contributed by atoms with Crippen molar-refractivity contribution >= 4 is 17.9 Å². The van der Waals surface area contributed by atoms with Crippen molar-refractivity contribution in [2.45, 2.75) is 219 Å². The molecule has 0 aromatic heterocycles. The van der Waals surface area contributed by atoms with Crippen molar-refractivity contribution in [2.75, 3.05) is 13.2 Å². The molecular weight excluding hydrogens is 685 g/mol. The molecular formula is C49H84O6. The van der Waals surface area contributed by atoms with Gasteiger partial charge in [0, 0.05) is 19.3 Å². The van der Waals surface area contributed by atoms with Gasteiger partial charge in [-0.2, -0.15) is 0 Å². The first-order valence-corrected chi connectivity index (χ1v) is 22.9. The fourth-order valence-electron chi connectivity index (χ4n) is 6.24. The van der Waals surface area contributed by atoms with E-state index in [0.717, 1.165) is 51.4 Å². The molecule has 0 radical (unpaired) electrons. The lowest BCUT2D eigenvalue weighted by Gasteiger charge is -2.18. The molecule has 0 aliphatic carbocycles. The van der Waals surface area contributed by atoms with E-state index in [1.54, 1.807) is 0 Å². The predicted octanol–water partition coefficient (Wildman–Crippen LogP) is 14.5. The quantitative estimate of drug-likeness (QED) is 0.0267. The van der Waals surface area contributed by atoms with Crippen LogP contribution in [0.1, 0.15) is 213 Å². The zero-order chi connectivity index (χ0) is 40.1. The second kappa shape index (κ2) is 43.8. The van der Waals surface area contributed by atoms with Crippen LogP contribution in [0.3, 0.4) is 0 Å². The maximum atomic E-state index is 12.7. The fraction of sp³-hybridized carbons (Fsp3) is 0.735. The van der Waals surface area contributed by atoms with Crippen molar-refractivity contribution in [3.63, 3.8) is 0 Å². The molecule has 316 valence electrons. The number of hydrogen-bond acceptors (Lipinski definition) is 6. The van der Waals surface area contributed by atoms with Gasteiger partial charge in [-0.15, -0.1) is 0 Å². The van der Waals surface area contributed by atoms with E-state index in [1.165, 1.54) is 116 Å². The Bertz CT molecular complexity index is 1020. The summed E-state index contributed by atoms with van der Waals surface area (Å²) in [6.45, 7) is 6.40. The molecule has 6 heteroatoms. The molecule has 0 heterocycles. The molecule has 0 fully saturated rings. The van der Waals surface area contributed by atoms with Crippen molar-refractivity contribution in [3.05, 3.63) is 60.8 Å². The molecule has 0 rings (SSSR count). The number of ether oxygens (including phenoxy) is 3. The van der Waals surface area contributed by atoms with Crippen molar-refractivity contribution in [1.29, 1.82) is 0 Å². The second-order valence-electron chi connectivity index (χ2n) is 15.1.